The first kappa shape index (κ1) is 17.9. The van der Waals surface area contributed by atoms with Gasteiger partial charge in [0.2, 0.25) is 0 Å². The molecule has 1 heterocycles. The molecule has 3 aliphatic rings. The van der Waals surface area contributed by atoms with Crippen molar-refractivity contribution in [3.05, 3.63) is 11.6 Å². The minimum Gasteiger partial charge on any atom is -0.481 e. The van der Waals surface area contributed by atoms with Crippen molar-refractivity contribution < 1.29 is 19.7 Å². The zero-order valence-corrected chi connectivity index (χ0v) is 15.5. The van der Waals surface area contributed by atoms with Gasteiger partial charge in [-0.3, -0.25) is 4.79 Å². The van der Waals surface area contributed by atoms with Crippen LogP contribution in [-0.4, -0.2) is 34.0 Å². The molecule has 0 bridgehead atoms. The van der Waals surface area contributed by atoms with Crippen LogP contribution in [0.2, 0.25) is 0 Å². The second kappa shape index (κ2) is 5.57. The Morgan fingerprint density at radius 3 is 2.54 bits per heavy atom. The van der Waals surface area contributed by atoms with Gasteiger partial charge in [0.25, 0.3) is 0 Å². The lowest BCUT2D eigenvalue weighted by atomic mass is 9.46. The molecule has 1 saturated heterocycles. The summed E-state index contributed by atoms with van der Waals surface area (Å²) in [7, 11) is 0. The van der Waals surface area contributed by atoms with E-state index in [1.807, 2.05) is 6.92 Å². The molecule has 2 N–H and O–H groups in total. The van der Waals surface area contributed by atoms with Gasteiger partial charge >= 0.3 is 5.97 Å². The van der Waals surface area contributed by atoms with Crippen molar-refractivity contribution >= 4 is 5.97 Å². The highest BCUT2D eigenvalue weighted by molar-refractivity contribution is 5.68. The van der Waals surface area contributed by atoms with E-state index in [9.17, 15) is 15.0 Å². The molecule has 0 aromatic carbocycles. The number of hydrogen-bond donors (Lipinski definition) is 2. The van der Waals surface area contributed by atoms with Gasteiger partial charge in [-0.15, -0.1) is 0 Å². The number of carboxylic acids is 1. The predicted molar refractivity (Wildman–Crippen MR) is 92.7 cm³/mol. The Bertz CT molecular complexity index is 566. The Morgan fingerprint density at radius 1 is 1.21 bits per heavy atom. The molecule has 4 unspecified atom stereocenters. The highest BCUT2D eigenvalue weighted by atomic mass is 16.5. The van der Waals surface area contributed by atoms with Gasteiger partial charge in [0, 0.05) is 5.41 Å². The van der Waals surface area contributed by atoms with E-state index in [1.165, 1.54) is 12.8 Å². The average molecular weight is 336 g/mol. The maximum Gasteiger partial charge on any atom is 0.306 e. The number of carbonyl (C=O) groups is 1. The second-order valence-corrected chi connectivity index (χ2v) is 9.38. The number of rotatable bonds is 3. The van der Waals surface area contributed by atoms with Crippen molar-refractivity contribution in [1.29, 1.82) is 0 Å². The van der Waals surface area contributed by atoms with Crippen LogP contribution in [0, 0.1) is 16.7 Å². The summed E-state index contributed by atoms with van der Waals surface area (Å²) >= 11 is 0. The van der Waals surface area contributed by atoms with Gasteiger partial charge in [-0.25, -0.2) is 0 Å². The van der Waals surface area contributed by atoms with Crippen molar-refractivity contribution in [2.45, 2.75) is 83.8 Å². The molecule has 2 aliphatic carbocycles. The summed E-state index contributed by atoms with van der Waals surface area (Å²) in [4.78, 5) is 11.3. The summed E-state index contributed by atoms with van der Waals surface area (Å²) in [6.45, 7) is 8.96. The van der Waals surface area contributed by atoms with E-state index < -0.39 is 17.2 Å². The van der Waals surface area contributed by atoms with E-state index in [0.29, 0.717) is 5.92 Å². The van der Waals surface area contributed by atoms with Crippen molar-refractivity contribution in [2.24, 2.45) is 16.7 Å². The molecule has 136 valence electrons. The minimum atomic E-state index is -0.814. The van der Waals surface area contributed by atoms with E-state index in [2.05, 4.69) is 26.8 Å². The number of carboxylic acid groups (broad SMARTS) is 1. The zero-order chi connectivity index (χ0) is 17.8. The van der Waals surface area contributed by atoms with Gasteiger partial charge < -0.3 is 14.9 Å². The summed E-state index contributed by atoms with van der Waals surface area (Å²) in [6.07, 6.45) is 8.22. The first-order chi connectivity index (χ1) is 11.1. The van der Waals surface area contributed by atoms with Crippen LogP contribution < -0.4 is 0 Å². The minimum absolute atomic E-state index is 0.00584. The first-order valence-electron chi connectivity index (χ1n) is 9.31. The third-order valence-corrected chi connectivity index (χ3v) is 7.39. The quantitative estimate of drug-likeness (QED) is 0.767. The second-order valence-electron chi connectivity index (χ2n) is 9.38. The van der Waals surface area contributed by atoms with Crippen molar-refractivity contribution in [2.75, 3.05) is 6.61 Å². The van der Waals surface area contributed by atoms with Crippen LogP contribution in [0.3, 0.4) is 0 Å². The molecule has 1 aliphatic heterocycles. The van der Waals surface area contributed by atoms with E-state index >= 15 is 0 Å². The van der Waals surface area contributed by atoms with E-state index in [-0.39, 0.29) is 23.9 Å². The molecule has 4 atom stereocenters. The summed E-state index contributed by atoms with van der Waals surface area (Å²) in [6, 6.07) is 0. The molecule has 24 heavy (non-hydrogen) atoms. The van der Waals surface area contributed by atoms with Gasteiger partial charge in [-0.2, -0.15) is 0 Å². The van der Waals surface area contributed by atoms with Gasteiger partial charge in [0.1, 0.15) is 0 Å². The fraction of sp³-hybridized carbons (Fsp3) is 0.850. The molecule has 0 radical (unpaired) electrons. The number of aliphatic hydroxyl groups excluding tert-OH is 1. The zero-order valence-electron chi connectivity index (χ0n) is 15.5. The van der Waals surface area contributed by atoms with E-state index in [0.717, 1.165) is 31.3 Å². The lowest BCUT2D eigenvalue weighted by Crippen LogP contribution is -2.60. The number of fused-ring (bicyclic) bond motifs is 2. The SMILES string of the molecule is CC1(CC(=O)O)CCC2(O1)C(CO)=CCC1C(C)(C)CCCC12C. The van der Waals surface area contributed by atoms with Crippen molar-refractivity contribution in [3.63, 3.8) is 0 Å². The van der Waals surface area contributed by atoms with E-state index in [4.69, 9.17) is 4.74 Å². The van der Waals surface area contributed by atoms with Gasteiger partial charge in [-0.1, -0.05) is 33.3 Å². The topological polar surface area (TPSA) is 66.8 Å². The maximum atomic E-state index is 11.3. The van der Waals surface area contributed by atoms with E-state index in [1.54, 1.807) is 0 Å². The monoisotopic (exact) mass is 336 g/mol. The average Bonchev–Trinajstić information content (AvgIpc) is 2.79. The Morgan fingerprint density at radius 2 is 1.92 bits per heavy atom. The largest absolute Gasteiger partial charge is 0.481 e. The highest BCUT2D eigenvalue weighted by Crippen LogP contribution is 2.66. The Balaban J connectivity index is 2.05. The van der Waals surface area contributed by atoms with Crippen LogP contribution in [0.1, 0.15) is 72.6 Å². The number of aliphatic hydroxyl groups is 1. The standard InChI is InChI=1S/C20H32O4/c1-17(2)8-5-9-19(4)15(17)7-6-14(13-21)20(19)11-10-18(3,24-20)12-16(22)23/h6,15,21H,5,7-13H2,1-4H3,(H,22,23). The van der Waals surface area contributed by atoms with Gasteiger partial charge in [0.15, 0.2) is 0 Å². The summed E-state index contributed by atoms with van der Waals surface area (Å²) in [5.74, 6) is -0.313. The summed E-state index contributed by atoms with van der Waals surface area (Å²) < 4.78 is 6.65. The molecule has 1 spiro atoms. The number of hydrogen-bond acceptors (Lipinski definition) is 3. The van der Waals surface area contributed by atoms with Gasteiger partial charge in [0.05, 0.1) is 24.2 Å². The Labute approximate surface area is 145 Å². The van der Waals surface area contributed by atoms with Crippen molar-refractivity contribution in [1.82, 2.24) is 0 Å². The van der Waals surface area contributed by atoms with Crippen LogP contribution >= 0.6 is 0 Å². The fourth-order valence-corrected chi connectivity index (χ4v) is 6.20. The molecule has 3 rings (SSSR count). The smallest absolute Gasteiger partial charge is 0.306 e. The van der Waals surface area contributed by atoms with Crippen LogP contribution in [0.25, 0.3) is 0 Å². The normalized spacial score (nSPS) is 44.2. The fourth-order valence-electron chi connectivity index (χ4n) is 6.20. The van der Waals surface area contributed by atoms with Crippen LogP contribution in [0.15, 0.2) is 11.6 Å². The molecule has 4 nitrogen and oxygen atoms in total. The predicted octanol–water partition coefficient (Wildman–Crippen LogP) is 3.92. The number of ether oxygens (including phenoxy) is 1. The Kier molecular flexibility index (Phi) is 4.16. The summed E-state index contributed by atoms with van der Waals surface area (Å²) in [5, 5.41) is 19.3. The molecule has 0 amide bonds. The summed E-state index contributed by atoms with van der Waals surface area (Å²) in [5.41, 5.74) is 0.0249. The molecule has 0 aromatic rings. The lowest BCUT2D eigenvalue weighted by Gasteiger charge is -2.61. The maximum absolute atomic E-state index is 11.3. The van der Waals surface area contributed by atoms with Crippen molar-refractivity contribution in [3.8, 4) is 0 Å². The van der Waals surface area contributed by atoms with Crippen LogP contribution in [0.5, 0.6) is 0 Å². The molecule has 2 fully saturated rings. The molecule has 4 heteroatoms. The molecular formula is C20H32O4. The Hall–Kier alpha value is -0.870. The number of aliphatic carboxylic acids is 1. The lowest BCUT2D eigenvalue weighted by molar-refractivity contribution is -0.195. The third kappa shape index (κ3) is 2.45. The first-order valence-corrected chi connectivity index (χ1v) is 9.31. The van der Waals surface area contributed by atoms with Gasteiger partial charge in [-0.05, 0) is 55.9 Å². The van der Waals surface area contributed by atoms with Crippen LogP contribution in [-0.2, 0) is 9.53 Å². The molecule has 0 aromatic heterocycles. The van der Waals surface area contributed by atoms with Crippen LogP contribution in [0.4, 0.5) is 0 Å². The third-order valence-electron chi connectivity index (χ3n) is 7.39. The molecular weight excluding hydrogens is 304 g/mol. The molecule has 1 saturated carbocycles. The highest BCUT2D eigenvalue weighted by Gasteiger charge is 2.65. The number of allylic oxidation sites excluding steroid dienone is 1.